The van der Waals surface area contributed by atoms with Crippen molar-refractivity contribution in [2.75, 3.05) is 19.7 Å². The Morgan fingerprint density at radius 3 is 3.14 bits per heavy atom. The normalized spacial score (nSPS) is 21.3. The summed E-state index contributed by atoms with van der Waals surface area (Å²) in [7, 11) is 0. The SMILES string of the molecule is CC(N)C1CN(Cc2nc(-c3ccccn3)no2)CCO1. The summed E-state index contributed by atoms with van der Waals surface area (Å²) in [6.07, 6.45) is 1.76. The number of pyridine rings is 1. The predicted molar refractivity (Wildman–Crippen MR) is 76.2 cm³/mol. The first kappa shape index (κ1) is 14.1. The Morgan fingerprint density at radius 1 is 1.48 bits per heavy atom. The van der Waals surface area contributed by atoms with Gasteiger partial charge >= 0.3 is 0 Å². The minimum Gasteiger partial charge on any atom is -0.374 e. The molecule has 2 N–H and O–H groups in total. The molecule has 0 amide bonds. The van der Waals surface area contributed by atoms with Crippen LogP contribution in [0.4, 0.5) is 0 Å². The van der Waals surface area contributed by atoms with Crippen molar-refractivity contribution in [3.63, 3.8) is 0 Å². The Hall–Kier alpha value is -1.83. The smallest absolute Gasteiger partial charge is 0.241 e. The molecule has 2 aromatic heterocycles. The molecule has 0 saturated carbocycles. The van der Waals surface area contributed by atoms with Gasteiger partial charge in [-0.15, -0.1) is 0 Å². The van der Waals surface area contributed by atoms with Crippen molar-refractivity contribution in [3.05, 3.63) is 30.3 Å². The van der Waals surface area contributed by atoms with Gasteiger partial charge < -0.3 is 15.0 Å². The molecule has 2 atom stereocenters. The summed E-state index contributed by atoms with van der Waals surface area (Å²) in [4.78, 5) is 10.8. The van der Waals surface area contributed by atoms with Crippen molar-refractivity contribution in [1.29, 1.82) is 0 Å². The largest absolute Gasteiger partial charge is 0.374 e. The lowest BCUT2D eigenvalue weighted by Gasteiger charge is -2.33. The second-order valence-corrected chi connectivity index (χ2v) is 5.23. The van der Waals surface area contributed by atoms with Crippen LogP contribution in [0.1, 0.15) is 12.8 Å². The maximum Gasteiger partial charge on any atom is 0.241 e. The van der Waals surface area contributed by atoms with Gasteiger partial charge in [-0.2, -0.15) is 4.98 Å². The van der Waals surface area contributed by atoms with Crippen LogP contribution in [0.25, 0.3) is 11.5 Å². The minimum atomic E-state index is 0.0135. The van der Waals surface area contributed by atoms with Crippen LogP contribution < -0.4 is 5.73 Å². The van der Waals surface area contributed by atoms with Crippen molar-refractivity contribution in [2.24, 2.45) is 5.73 Å². The number of hydrogen-bond acceptors (Lipinski definition) is 7. The molecule has 2 unspecified atom stereocenters. The number of nitrogens with zero attached hydrogens (tertiary/aromatic N) is 4. The average molecular weight is 289 g/mol. The van der Waals surface area contributed by atoms with Gasteiger partial charge in [0, 0.05) is 25.3 Å². The summed E-state index contributed by atoms with van der Waals surface area (Å²) in [5.74, 6) is 1.10. The van der Waals surface area contributed by atoms with Crippen molar-refractivity contribution in [3.8, 4) is 11.5 Å². The van der Waals surface area contributed by atoms with Crippen molar-refractivity contribution in [2.45, 2.75) is 25.6 Å². The molecule has 112 valence electrons. The first-order valence-electron chi connectivity index (χ1n) is 7.06. The topological polar surface area (TPSA) is 90.3 Å². The number of morpholine rings is 1. The fraction of sp³-hybridized carbons (Fsp3) is 0.500. The van der Waals surface area contributed by atoms with Gasteiger partial charge in [-0.25, -0.2) is 0 Å². The van der Waals surface area contributed by atoms with E-state index < -0.39 is 0 Å². The van der Waals surface area contributed by atoms with E-state index in [2.05, 4.69) is 20.0 Å². The highest BCUT2D eigenvalue weighted by molar-refractivity contribution is 5.46. The molecule has 2 aromatic rings. The second kappa shape index (κ2) is 6.30. The van der Waals surface area contributed by atoms with E-state index in [1.165, 1.54) is 0 Å². The Kier molecular flexibility index (Phi) is 4.23. The Bertz CT molecular complexity index is 572. The standard InChI is InChI=1S/C14H19N5O2/c1-10(15)12-8-19(6-7-20-12)9-13-17-14(18-21-13)11-4-2-3-5-16-11/h2-5,10,12H,6-9,15H2,1H3. The highest BCUT2D eigenvalue weighted by Crippen LogP contribution is 2.15. The lowest BCUT2D eigenvalue weighted by Crippen LogP contribution is -2.49. The molecule has 0 bridgehead atoms. The van der Waals surface area contributed by atoms with E-state index in [0.717, 1.165) is 13.1 Å². The van der Waals surface area contributed by atoms with Gasteiger partial charge in [-0.05, 0) is 19.1 Å². The molecule has 1 fully saturated rings. The highest BCUT2D eigenvalue weighted by atomic mass is 16.5. The summed E-state index contributed by atoms with van der Waals surface area (Å²) in [6, 6.07) is 5.62. The molecule has 3 heterocycles. The van der Waals surface area contributed by atoms with Crippen molar-refractivity contribution in [1.82, 2.24) is 20.0 Å². The molecular formula is C14H19N5O2. The molecule has 1 aliphatic rings. The summed E-state index contributed by atoms with van der Waals surface area (Å²) >= 11 is 0. The average Bonchev–Trinajstić information content (AvgIpc) is 2.97. The Balaban J connectivity index is 1.65. The van der Waals surface area contributed by atoms with Gasteiger partial charge in [0.2, 0.25) is 11.7 Å². The van der Waals surface area contributed by atoms with Crippen LogP contribution in [-0.4, -0.2) is 51.9 Å². The zero-order valence-corrected chi connectivity index (χ0v) is 12.0. The molecular weight excluding hydrogens is 270 g/mol. The Labute approximate surface area is 123 Å². The van der Waals surface area contributed by atoms with Crippen LogP contribution in [0.2, 0.25) is 0 Å². The van der Waals surface area contributed by atoms with Gasteiger partial charge in [0.1, 0.15) is 5.69 Å². The molecule has 0 aromatic carbocycles. The van der Waals surface area contributed by atoms with Crippen molar-refractivity contribution < 1.29 is 9.26 Å². The summed E-state index contributed by atoms with van der Waals surface area (Å²) in [6.45, 7) is 4.85. The first-order chi connectivity index (χ1) is 10.2. The maximum atomic E-state index is 5.89. The summed E-state index contributed by atoms with van der Waals surface area (Å²) in [5.41, 5.74) is 6.60. The quantitative estimate of drug-likeness (QED) is 0.885. The molecule has 21 heavy (non-hydrogen) atoms. The number of aromatic nitrogens is 3. The summed E-state index contributed by atoms with van der Waals surface area (Å²) in [5, 5.41) is 3.97. The number of nitrogens with two attached hydrogens (primary N) is 1. The number of rotatable bonds is 4. The third kappa shape index (κ3) is 3.44. The minimum absolute atomic E-state index is 0.0135. The van der Waals surface area contributed by atoms with Crippen LogP contribution in [0.5, 0.6) is 0 Å². The number of hydrogen-bond donors (Lipinski definition) is 1. The van der Waals surface area contributed by atoms with Crippen LogP contribution in [0.3, 0.4) is 0 Å². The molecule has 0 spiro atoms. The van der Waals surface area contributed by atoms with Gasteiger partial charge in [-0.1, -0.05) is 11.2 Å². The van der Waals surface area contributed by atoms with Gasteiger partial charge in [-0.3, -0.25) is 9.88 Å². The Morgan fingerprint density at radius 2 is 2.38 bits per heavy atom. The molecule has 0 radical (unpaired) electrons. The van der Waals surface area contributed by atoms with Crippen LogP contribution in [0.15, 0.2) is 28.9 Å². The van der Waals surface area contributed by atoms with Crippen LogP contribution in [-0.2, 0) is 11.3 Å². The van der Waals surface area contributed by atoms with Crippen LogP contribution >= 0.6 is 0 Å². The highest BCUT2D eigenvalue weighted by Gasteiger charge is 2.24. The predicted octanol–water partition coefficient (Wildman–Crippen LogP) is 0.680. The van der Waals surface area contributed by atoms with Gasteiger partial charge in [0.25, 0.3) is 0 Å². The van der Waals surface area contributed by atoms with E-state index in [1.807, 2.05) is 25.1 Å². The van der Waals surface area contributed by atoms with E-state index in [9.17, 15) is 0 Å². The van der Waals surface area contributed by atoms with E-state index in [-0.39, 0.29) is 12.1 Å². The molecule has 0 aliphatic carbocycles. The monoisotopic (exact) mass is 289 g/mol. The van der Waals surface area contributed by atoms with E-state index in [4.69, 9.17) is 15.0 Å². The third-order valence-corrected chi connectivity index (χ3v) is 3.48. The molecule has 1 saturated heterocycles. The third-order valence-electron chi connectivity index (χ3n) is 3.48. The van der Waals surface area contributed by atoms with E-state index in [0.29, 0.717) is 30.6 Å². The lowest BCUT2D eigenvalue weighted by molar-refractivity contribution is -0.0427. The zero-order chi connectivity index (χ0) is 14.7. The maximum absolute atomic E-state index is 5.89. The molecule has 7 nitrogen and oxygen atoms in total. The van der Waals surface area contributed by atoms with E-state index in [1.54, 1.807) is 6.20 Å². The van der Waals surface area contributed by atoms with Gasteiger partial charge in [0.05, 0.1) is 19.3 Å². The lowest BCUT2D eigenvalue weighted by atomic mass is 10.1. The van der Waals surface area contributed by atoms with Gasteiger partial charge in [0.15, 0.2) is 0 Å². The number of ether oxygens (including phenoxy) is 1. The van der Waals surface area contributed by atoms with E-state index >= 15 is 0 Å². The second-order valence-electron chi connectivity index (χ2n) is 5.23. The molecule has 1 aliphatic heterocycles. The molecule has 3 rings (SSSR count). The molecule has 7 heteroatoms. The fourth-order valence-electron chi connectivity index (χ4n) is 2.30. The fourth-order valence-corrected chi connectivity index (χ4v) is 2.30. The first-order valence-corrected chi connectivity index (χ1v) is 7.06. The van der Waals surface area contributed by atoms with Crippen molar-refractivity contribution >= 4 is 0 Å². The van der Waals surface area contributed by atoms with Crippen LogP contribution in [0, 0.1) is 0 Å². The summed E-state index contributed by atoms with van der Waals surface area (Å²) < 4.78 is 10.9. The zero-order valence-electron chi connectivity index (χ0n) is 12.0.